The van der Waals surface area contributed by atoms with E-state index < -0.39 is 20.7 Å². The molecule has 0 rings (SSSR count). The minimum absolute atomic E-state index is 0.155. The Hall–Kier alpha value is 0.220. The molecule has 0 spiro atoms. The Balaban J connectivity index is 3.99. The summed E-state index contributed by atoms with van der Waals surface area (Å²) in [5, 5.41) is -1.34. The van der Waals surface area contributed by atoms with E-state index in [0.717, 1.165) is 0 Å². The van der Waals surface area contributed by atoms with Gasteiger partial charge in [-0.25, -0.2) is 0 Å². The van der Waals surface area contributed by atoms with Crippen LogP contribution in [0, 0.1) is 0 Å². The molecule has 0 bridgehead atoms. The van der Waals surface area contributed by atoms with Crippen molar-refractivity contribution in [2.45, 2.75) is 24.0 Å². The third-order valence-electron chi connectivity index (χ3n) is 1.08. The van der Waals surface area contributed by atoms with Gasteiger partial charge in [0.1, 0.15) is 0 Å². The van der Waals surface area contributed by atoms with Crippen LogP contribution in [0.3, 0.4) is 0 Å². The summed E-state index contributed by atoms with van der Waals surface area (Å²) in [6.07, 6.45) is 0.155. The summed E-state index contributed by atoms with van der Waals surface area (Å²) in [5.74, 6) is 0. The van der Waals surface area contributed by atoms with Crippen molar-refractivity contribution < 1.29 is 13.0 Å². The second-order valence-corrected chi connectivity index (χ2v) is 4.63. The molecular weight excluding hydrogens is 174 g/mol. The molecule has 0 aromatic heterocycles. The molecule has 0 amide bonds. The summed E-state index contributed by atoms with van der Waals surface area (Å²) < 4.78 is 29.1. The molecule has 0 saturated heterocycles. The first-order valence-corrected chi connectivity index (χ1v) is 4.76. The Bertz CT molecular complexity index is 187. The summed E-state index contributed by atoms with van der Waals surface area (Å²) in [6.45, 7) is 1.38. The Morgan fingerprint density at radius 3 is 2.20 bits per heavy atom. The summed E-state index contributed by atoms with van der Waals surface area (Å²) >= 11 is 3.77. The zero-order valence-corrected chi connectivity index (χ0v) is 7.27. The fraction of sp³-hybridized carbons (Fsp3) is 1.00. The SMILES string of the molecule is CC(CC(N)S)S(=O)(=O)O. The predicted octanol–water partition coefficient (Wildman–Crippen LogP) is -0.133. The van der Waals surface area contributed by atoms with Crippen molar-refractivity contribution in [3.05, 3.63) is 0 Å². The van der Waals surface area contributed by atoms with Gasteiger partial charge in [0.15, 0.2) is 0 Å². The lowest BCUT2D eigenvalue weighted by Crippen LogP contribution is -2.25. The van der Waals surface area contributed by atoms with Crippen LogP contribution in [0.15, 0.2) is 0 Å². The van der Waals surface area contributed by atoms with Crippen LogP contribution in [0.25, 0.3) is 0 Å². The summed E-state index contributed by atoms with van der Waals surface area (Å²) in [7, 11) is -3.93. The normalized spacial score (nSPS) is 18.4. The van der Waals surface area contributed by atoms with Crippen molar-refractivity contribution in [2.75, 3.05) is 0 Å². The van der Waals surface area contributed by atoms with Crippen molar-refractivity contribution >= 4 is 22.7 Å². The van der Waals surface area contributed by atoms with Crippen LogP contribution in [0.1, 0.15) is 13.3 Å². The molecule has 0 fully saturated rings. The lowest BCUT2D eigenvalue weighted by Gasteiger charge is -2.08. The quantitative estimate of drug-likeness (QED) is 0.325. The number of thiol groups is 1. The second kappa shape index (κ2) is 3.56. The minimum Gasteiger partial charge on any atom is -0.320 e. The monoisotopic (exact) mass is 185 g/mol. The van der Waals surface area contributed by atoms with Crippen LogP contribution in [0.5, 0.6) is 0 Å². The highest BCUT2D eigenvalue weighted by Gasteiger charge is 2.18. The van der Waals surface area contributed by atoms with E-state index in [2.05, 4.69) is 12.6 Å². The predicted molar refractivity (Wildman–Crippen MR) is 42.6 cm³/mol. The number of hydrogen-bond acceptors (Lipinski definition) is 4. The number of nitrogens with two attached hydrogens (primary N) is 1. The molecule has 3 N–H and O–H groups in total. The van der Waals surface area contributed by atoms with Crippen molar-refractivity contribution in [3.63, 3.8) is 0 Å². The third kappa shape index (κ3) is 4.10. The first-order valence-electron chi connectivity index (χ1n) is 2.74. The molecule has 0 aliphatic heterocycles. The third-order valence-corrected chi connectivity index (χ3v) is 2.50. The Kier molecular flexibility index (Phi) is 3.64. The van der Waals surface area contributed by atoms with Gasteiger partial charge in [-0.2, -0.15) is 21.0 Å². The van der Waals surface area contributed by atoms with Gasteiger partial charge in [0, 0.05) is 5.37 Å². The van der Waals surface area contributed by atoms with Gasteiger partial charge < -0.3 is 5.73 Å². The van der Waals surface area contributed by atoms with Gasteiger partial charge in [0.25, 0.3) is 10.1 Å². The maximum Gasteiger partial charge on any atom is 0.267 e. The number of rotatable bonds is 3. The molecule has 10 heavy (non-hydrogen) atoms. The van der Waals surface area contributed by atoms with Gasteiger partial charge in [-0.15, -0.1) is 0 Å². The fourth-order valence-electron chi connectivity index (χ4n) is 0.462. The van der Waals surface area contributed by atoms with Gasteiger partial charge in [-0.1, -0.05) is 0 Å². The van der Waals surface area contributed by atoms with E-state index in [1.165, 1.54) is 6.92 Å². The lowest BCUT2D eigenvalue weighted by atomic mass is 10.3. The molecule has 6 heteroatoms. The molecule has 0 aliphatic rings. The van der Waals surface area contributed by atoms with Crippen molar-refractivity contribution in [3.8, 4) is 0 Å². The maximum absolute atomic E-state index is 10.3. The zero-order valence-electron chi connectivity index (χ0n) is 5.56. The number of hydrogen-bond donors (Lipinski definition) is 3. The van der Waals surface area contributed by atoms with Crippen LogP contribution >= 0.6 is 12.6 Å². The van der Waals surface area contributed by atoms with Crippen molar-refractivity contribution in [1.29, 1.82) is 0 Å². The first kappa shape index (κ1) is 10.2. The topological polar surface area (TPSA) is 80.4 Å². The smallest absolute Gasteiger partial charge is 0.267 e. The standard InChI is InChI=1S/C4H11NO3S2/c1-3(2-4(5)9)10(6,7)8/h3-4,9H,2,5H2,1H3,(H,6,7,8). The maximum atomic E-state index is 10.3. The molecule has 4 nitrogen and oxygen atoms in total. The fourth-order valence-corrected chi connectivity index (χ4v) is 1.37. The average Bonchev–Trinajstić information content (AvgIpc) is 1.60. The molecule has 0 radical (unpaired) electrons. The molecule has 0 saturated carbocycles. The summed E-state index contributed by atoms with van der Waals surface area (Å²) in [4.78, 5) is 0. The van der Waals surface area contributed by atoms with E-state index in [1.807, 2.05) is 0 Å². The highest BCUT2D eigenvalue weighted by molar-refractivity contribution is 7.86. The van der Waals surface area contributed by atoms with E-state index in [9.17, 15) is 8.42 Å². The van der Waals surface area contributed by atoms with E-state index >= 15 is 0 Å². The Labute approximate surface area is 66.0 Å². The zero-order chi connectivity index (χ0) is 8.36. The molecule has 2 unspecified atom stereocenters. The molecule has 62 valence electrons. The largest absolute Gasteiger partial charge is 0.320 e. The van der Waals surface area contributed by atoms with Crippen LogP contribution in [-0.2, 0) is 10.1 Å². The van der Waals surface area contributed by atoms with Gasteiger partial charge in [0.05, 0.1) is 5.25 Å². The Morgan fingerprint density at radius 1 is 1.70 bits per heavy atom. The molecular formula is C4H11NO3S2. The van der Waals surface area contributed by atoms with Crippen LogP contribution < -0.4 is 5.73 Å². The van der Waals surface area contributed by atoms with E-state index in [0.29, 0.717) is 0 Å². The molecule has 0 aromatic rings. The average molecular weight is 185 g/mol. The summed E-state index contributed by atoms with van der Waals surface area (Å²) in [6, 6.07) is 0. The molecule has 0 aromatic carbocycles. The highest BCUT2D eigenvalue weighted by Crippen LogP contribution is 2.06. The van der Waals surface area contributed by atoms with Crippen LogP contribution in [-0.4, -0.2) is 23.6 Å². The van der Waals surface area contributed by atoms with E-state index in [1.54, 1.807) is 0 Å². The van der Waals surface area contributed by atoms with Crippen LogP contribution in [0.4, 0.5) is 0 Å². The molecule has 2 atom stereocenters. The molecule has 0 aliphatic carbocycles. The van der Waals surface area contributed by atoms with Crippen LogP contribution in [0.2, 0.25) is 0 Å². The minimum atomic E-state index is -3.93. The second-order valence-electron chi connectivity index (χ2n) is 2.13. The summed E-state index contributed by atoms with van der Waals surface area (Å²) in [5.41, 5.74) is 5.18. The van der Waals surface area contributed by atoms with Gasteiger partial charge >= 0.3 is 0 Å². The van der Waals surface area contributed by atoms with E-state index in [4.69, 9.17) is 10.3 Å². The van der Waals surface area contributed by atoms with Crippen molar-refractivity contribution in [2.24, 2.45) is 5.73 Å². The van der Waals surface area contributed by atoms with Gasteiger partial charge in [0.2, 0.25) is 0 Å². The van der Waals surface area contributed by atoms with Gasteiger partial charge in [-0.3, -0.25) is 4.55 Å². The highest BCUT2D eigenvalue weighted by atomic mass is 32.2. The first-order chi connectivity index (χ1) is 4.34. The van der Waals surface area contributed by atoms with Crippen molar-refractivity contribution in [1.82, 2.24) is 0 Å². The van der Waals surface area contributed by atoms with E-state index in [-0.39, 0.29) is 6.42 Å². The molecule has 0 heterocycles. The lowest BCUT2D eigenvalue weighted by molar-refractivity contribution is 0.465. The Morgan fingerprint density at radius 2 is 2.10 bits per heavy atom. The van der Waals surface area contributed by atoms with Gasteiger partial charge in [-0.05, 0) is 13.3 Å².